The minimum absolute atomic E-state index is 0.0480. The number of carbonyl (C=O) groups is 1. The smallest absolute Gasteiger partial charge is 0.274 e. The summed E-state index contributed by atoms with van der Waals surface area (Å²) in [5.41, 5.74) is 2.43. The first-order valence-corrected chi connectivity index (χ1v) is 8.82. The average molecular weight is 396 g/mol. The molecule has 2 atom stereocenters. The van der Waals surface area contributed by atoms with Gasteiger partial charge in [0.2, 0.25) is 0 Å². The van der Waals surface area contributed by atoms with E-state index in [9.17, 15) is 4.79 Å². The molecule has 1 saturated heterocycles. The van der Waals surface area contributed by atoms with Crippen LogP contribution in [0.2, 0.25) is 0 Å². The van der Waals surface area contributed by atoms with Crippen LogP contribution in [0.1, 0.15) is 35.7 Å². The molecule has 7 nitrogen and oxygen atoms in total. The van der Waals surface area contributed by atoms with Crippen LogP contribution in [0.4, 0.5) is 0 Å². The molecule has 2 aromatic heterocycles. The van der Waals surface area contributed by atoms with Crippen LogP contribution in [0, 0.1) is 13.8 Å². The second-order valence-corrected chi connectivity index (χ2v) is 7.13. The number of aromatic nitrogens is 4. The first-order chi connectivity index (χ1) is 11.3. The number of halogens is 1. The lowest BCUT2D eigenvalue weighted by Gasteiger charge is -2.34. The quantitative estimate of drug-likeness (QED) is 0.798. The van der Waals surface area contributed by atoms with Crippen molar-refractivity contribution >= 4 is 21.8 Å². The van der Waals surface area contributed by atoms with Crippen molar-refractivity contribution in [3.05, 3.63) is 33.8 Å². The summed E-state index contributed by atoms with van der Waals surface area (Å²) in [6.45, 7) is 9.58. The normalized spacial score (nSPS) is 21.3. The lowest BCUT2D eigenvalue weighted by atomic mass is 10.2. The number of hydrogen-bond acceptors (Lipinski definition) is 4. The lowest BCUT2D eigenvalue weighted by Crippen LogP contribution is -2.48. The number of aryl methyl sites for hydroxylation is 1. The van der Waals surface area contributed by atoms with Crippen molar-refractivity contribution in [3.8, 4) is 0 Å². The fourth-order valence-electron chi connectivity index (χ4n) is 3.01. The highest BCUT2D eigenvalue weighted by molar-refractivity contribution is 9.10. The minimum Gasteiger partial charge on any atom is -0.372 e. The van der Waals surface area contributed by atoms with Crippen molar-refractivity contribution in [2.75, 3.05) is 13.1 Å². The van der Waals surface area contributed by atoms with E-state index in [0.29, 0.717) is 25.5 Å². The van der Waals surface area contributed by atoms with Gasteiger partial charge >= 0.3 is 0 Å². The maximum atomic E-state index is 12.6. The molecule has 24 heavy (non-hydrogen) atoms. The Balaban J connectivity index is 1.73. The van der Waals surface area contributed by atoms with E-state index in [1.54, 1.807) is 10.7 Å². The van der Waals surface area contributed by atoms with Crippen molar-refractivity contribution in [2.24, 2.45) is 0 Å². The molecular formula is C16H22BrN5O2. The van der Waals surface area contributed by atoms with E-state index in [0.717, 1.165) is 15.9 Å². The van der Waals surface area contributed by atoms with Gasteiger partial charge in [0, 0.05) is 19.3 Å². The van der Waals surface area contributed by atoms with Crippen molar-refractivity contribution in [3.63, 3.8) is 0 Å². The predicted octanol–water partition coefficient (Wildman–Crippen LogP) is 2.21. The Labute approximate surface area is 149 Å². The van der Waals surface area contributed by atoms with Crippen LogP contribution >= 0.6 is 15.9 Å². The molecule has 2 aromatic rings. The van der Waals surface area contributed by atoms with Gasteiger partial charge in [-0.15, -0.1) is 0 Å². The summed E-state index contributed by atoms with van der Waals surface area (Å²) >= 11 is 3.52. The number of amides is 1. The molecule has 0 aliphatic carbocycles. The molecular weight excluding hydrogens is 374 g/mol. The van der Waals surface area contributed by atoms with Crippen molar-refractivity contribution < 1.29 is 9.53 Å². The summed E-state index contributed by atoms with van der Waals surface area (Å²) in [7, 11) is 0. The Morgan fingerprint density at radius 1 is 1.29 bits per heavy atom. The van der Waals surface area contributed by atoms with E-state index >= 15 is 0 Å². The van der Waals surface area contributed by atoms with Gasteiger partial charge < -0.3 is 9.64 Å². The molecule has 1 amide bonds. The van der Waals surface area contributed by atoms with Gasteiger partial charge in [-0.2, -0.15) is 10.2 Å². The maximum Gasteiger partial charge on any atom is 0.274 e. The zero-order chi connectivity index (χ0) is 17.4. The van der Waals surface area contributed by atoms with Crippen LogP contribution in [-0.4, -0.2) is 55.7 Å². The summed E-state index contributed by atoms with van der Waals surface area (Å²) in [4.78, 5) is 14.5. The van der Waals surface area contributed by atoms with Gasteiger partial charge in [0.25, 0.3) is 5.91 Å². The molecule has 0 saturated carbocycles. The largest absolute Gasteiger partial charge is 0.372 e. The van der Waals surface area contributed by atoms with E-state index in [4.69, 9.17) is 4.74 Å². The fraction of sp³-hybridized carbons (Fsp3) is 0.562. The molecule has 3 rings (SSSR count). The number of ether oxygens (including phenoxy) is 1. The number of rotatable bonds is 3. The molecule has 8 heteroatoms. The van der Waals surface area contributed by atoms with E-state index in [1.807, 2.05) is 43.5 Å². The average Bonchev–Trinajstić information content (AvgIpc) is 3.07. The van der Waals surface area contributed by atoms with Crippen molar-refractivity contribution in [1.29, 1.82) is 0 Å². The van der Waals surface area contributed by atoms with Crippen molar-refractivity contribution in [2.45, 2.75) is 46.6 Å². The van der Waals surface area contributed by atoms with Crippen LogP contribution in [0.25, 0.3) is 0 Å². The molecule has 0 N–H and O–H groups in total. The molecule has 0 aromatic carbocycles. The van der Waals surface area contributed by atoms with Crippen LogP contribution in [0.3, 0.4) is 0 Å². The zero-order valence-corrected chi connectivity index (χ0v) is 15.9. The van der Waals surface area contributed by atoms with Crippen LogP contribution in [0.15, 0.2) is 16.7 Å². The number of nitrogens with zero attached hydrogens (tertiary/aromatic N) is 5. The molecule has 0 spiro atoms. The summed E-state index contributed by atoms with van der Waals surface area (Å²) in [5, 5.41) is 8.89. The molecule has 1 fully saturated rings. The second kappa shape index (κ2) is 6.68. The first-order valence-electron chi connectivity index (χ1n) is 8.03. The van der Waals surface area contributed by atoms with Gasteiger partial charge in [-0.05, 0) is 49.7 Å². The third-order valence-electron chi connectivity index (χ3n) is 4.14. The Hall–Kier alpha value is -1.67. The molecule has 0 bridgehead atoms. The van der Waals surface area contributed by atoms with Crippen LogP contribution in [0.5, 0.6) is 0 Å². The van der Waals surface area contributed by atoms with Crippen LogP contribution < -0.4 is 0 Å². The molecule has 0 radical (unpaired) electrons. The van der Waals surface area contributed by atoms with E-state index in [1.165, 1.54) is 0 Å². The van der Waals surface area contributed by atoms with Gasteiger partial charge in [0.15, 0.2) is 0 Å². The Kier molecular flexibility index (Phi) is 4.78. The highest BCUT2D eigenvalue weighted by Crippen LogP contribution is 2.20. The van der Waals surface area contributed by atoms with Crippen LogP contribution in [-0.2, 0) is 11.4 Å². The summed E-state index contributed by atoms with van der Waals surface area (Å²) < 4.78 is 10.3. The molecule has 1 aliphatic rings. The van der Waals surface area contributed by atoms with Gasteiger partial charge in [-0.1, -0.05) is 0 Å². The minimum atomic E-state index is -0.0506. The first kappa shape index (κ1) is 17.2. The standard InChI is InChI=1S/C16H22BrN5O2/c1-10-7-20(8-11(2)24-10)16(23)14-5-6-21(19-14)9-22-13(4)15(17)12(3)18-22/h5-6,10-11H,7-9H2,1-4H3. The fourth-order valence-corrected chi connectivity index (χ4v) is 3.29. The Morgan fingerprint density at radius 3 is 2.54 bits per heavy atom. The summed E-state index contributed by atoms with van der Waals surface area (Å²) in [6, 6.07) is 1.76. The Bertz CT molecular complexity index is 744. The topological polar surface area (TPSA) is 65.2 Å². The molecule has 3 heterocycles. The highest BCUT2D eigenvalue weighted by Gasteiger charge is 2.27. The maximum absolute atomic E-state index is 12.6. The van der Waals surface area contributed by atoms with Gasteiger partial charge in [0.05, 0.1) is 28.1 Å². The van der Waals surface area contributed by atoms with Gasteiger partial charge in [-0.25, -0.2) is 4.68 Å². The molecule has 130 valence electrons. The van der Waals surface area contributed by atoms with E-state index < -0.39 is 0 Å². The lowest BCUT2D eigenvalue weighted by molar-refractivity contribution is -0.0587. The van der Waals surface area contributed by atoms with Gasteiger partial charge in [-0.3, -0.25) is 9.48 Å². The molecule has 2 unspecified atom stereocenters. The van der Waals surface area contributed by atoms with E-state index in [2.05, 4.69) is 26.1 Å². The third kappa shape index (κ3) is 3.39. The SMILES string of the molecule is Cc1nn(Cn2ccc(C(=O)N3CC(C)OC(C)C3)n2)c(C)c1Br. The van der Waals surface area contributed by atoms with Gasteiger partial charge in [0.1, 0.15) is 12.4 Å². The number of hydrogen-bond donors (Lipinski definition) is 0. The predicted molar refractivity (Wildman–Crippen MR) is 92.9 cm³/mol. The van der Waals surface area contributed by atoms with E-state index in [-0.39, 0.29) is 18.1 Å². The molecule has 1 aliphatic heterocycles. The summed E-state index contributed by atoms with van der Waals surface area (Å²) in [5.74, 6) is -0.0506. The monoisotopic (exact) mass is 395 g/mol. The second-order valence-electron chi connectivity index (χ2n) is 6.33. The Morgan fingerprint density at radius 2 is 1.96 bits per heavy atom. The number of carbonyl (C=O) groups excluding carboxylic acids is 1. The highest BCUT2D eigenvalue weighted by atomic mass is 79.9. The van der Waals surface area contributed by atoms with Crippen molar-refractivity contribution in [1.82, 2.24) is 24.5 Å². The third-order valence-corrected chi connectivity index (χ3v) is 5.29. The zero-order valence-electron chi connectivity index (χ0n) is 14.4. The summed E-state index contributed by atoms with van der Waals surface area (Å²) in [6.07, 6.45) is 1.91. The number of morpholine rings is 1.